The minimum Gasteiger partial charge on any atom is -0.508 e. The lowest BCUT2D eigenvalue weighted by Crippen LogP contribution is -2.47. The molecule has 1 aromatic carbocycles. The smallest absolute Gasteiger partial charge is 0.121 e. The van der Waals surface area contributed by atoms with E-state index in [1.165, 1.54) is 0 Å². The van der Waals surface area contributed by atoms with Crippen molar-refractivity contribution in [1.29, 1.82) is 0 Å². The lowest BCUT2D eigenvalue weighted by Gasteiger charge is -2.26. The molecule has 1 saturated heterocycles. The van der Waals surface area contributed by atoms with E-state index < -0.39 is 0 Å². The number of hydrogen-bond acceptors (Lipinski definition) is 3. The second kappa shape index (κ2) is 4.84. The van der Waals surface area contributed by atoms with Crippen LogP contribution >= 0.6 is 12.4 Å². The molecule has 0 bridgehead atoms. The summed E-state index contributed by atoms with van der Waals surface area (Å²) in [5.74, 6) is 0.300. The third-order valence-corrected chi connectivity index (χ3v) is 2.83. The molecule has 1 aliphatic rings. The first-order valence-corrected chi connectivity index (χ1v) is 5.60. The molecule has 3 nitrogen and oxygen atoms in total. The van der Waals surface area contributed by atoms with Crippen LogP contribution < -0.4 is 5.32 Å². The van der Waals surface area contributed by atoms with Crippen molar-refractivity contribution in [3.63, 3.8) is 0 Å². The van der Waals surface area contributed by atoms with E-state index in [0.717, 1.165) is 18.6 Å². The van der Waals surface area contributed by atoms with Crippen LogP contribution in [0.15, 0.2) is 24.3 Å². The van der Waals surface area contributed by atoms with E-state index in [1.54, 1.807) is 12.1 Å². The van der Waals surface area contributed by atoms with Gasteiger partial charge in [-0.15, -0.1) is 12.4 Å². The molecule has 17 heavy (non-hydrogen) atoms. The zero-order valence-electron chi connectivity index (χ0n) is 10.5. The average molecular weight is 258 g/mol. The second-order valence-electron chi connectivity index (χ2n) is 5.37. The summed E-state index contributed by atoms with van der Waals surface area (Å²) < 4.78 is 5.82. The van der Waals surface area contributed by atoms with Crippen LogP contribution in [0.3, 0.4) is 0 Å². The first-order valence-electron chi connectivity index (χ1n) is 5.60. The Balaban J connectivity index is 0.00000144. The molecular weight excluding hydrogens is 238 g/mol. The van der Waals surface area contributed by atoms with Gasteiger partial charge in [0.25, 0.3) is 0 Å². The summed E-state index contributed by atoms with van der Waals surface area (Å²) in [4.78, 5) is 0. The van der Waals surface area contributed by atoms with Gasteiger partial charge in [-0.1, -0.05) is 12.1 Å². The number of benzene rings is 1. The highest BCUT2D eigenvalue weighted by molar-refractivity contribution is 5.85. The van der Waals surface area contributed by atoms with Crippen molar-refractivity contribution in [3.05, 3.63) is 29.8 Å². The van der Waals surface area contributed by atoms with Crippen molar-refractivity contribution in [2.24, 2.45) is 0 Å². The Hall–Kier alpha value is -0.770. The normalized spacial score (nSPS) is 26.5. The quantitative estimate of drug-likeness (QED) is 0.855. The Morgan fingerprint density at radius 3 is 2.29 bits per heavy atom. The first-order chi connectivity index (χ1) is 7.39. The predicted octanol–water partition coefficient (Wildman–Crippen LogP) is 2.47. The summed E-state index contributed by atoms with van der Waals surface area (Å²) in [7, 11) is 0. The number of ether oxygens (including phenoxy) is 1. The van der Waals surface area contributed by atoms with Crippen molar-refractivity contribution in [1.82, 2.24) is 5.32 Å². The van der Waals surface area contributed by atoms with Gasteiger partial charge in [-0.25, -0.2) is 0 Å². The van der Waals surface area contributed by atoms with Crippen molar-refractivity contribution >= 4 is 12.4 Å². The first kappa shape index (κ1) is 14.3. The van der Waals surface area contributed by atoms with Crippen LogP contribution in [0.2, 0.25) is 0 Å². The van der Waals surface area contributed by atoms with Gasteiger partial charge < -0.3 is 9.84 Å². The second-order valence-corrected chi connectivity index (χ2v) is 5.37. The fourth-order valence-corrected chi connectivity index (χ4v) is 2.23. The minimum atomic E-state index is -0.305. The van der Waals surface area contributed by atoms with E-state index in [-0.39, 0.29) is 23.7 Å². The zero-order chi connectivity index (χ0) is 11.8. The number of halogens is 1. The summed E-state index contributed by atoms with van der Waals surface area (Å²) in [6.45, 7) is 7.06. The summed E-state index contributed by atoms with van der Waals surface area (Å²) in [5.41, 5.74) is 0.886. The number of phenols is 1. The van der Waals surface area contributed by atoms with Crippen LogP contribution in [0.25, 0.3) is 0 Å². The van der Waals surface area contributed by atoms with Crippen molar-refractivity contribution in [2.45, 2.75) is 38.5 Å². The van der Waals surface area contributed by atoms with Gasteiger partial charge in [0.15, 0.2) is 0 Å². The molecule has 1 fully saturated rings. The Labute approximate surface area is 109 Å². The molecule has 1 unspecified atom stereocenters. The summed E-state index contributed by atoms with van der Waals surface area (Å²) in [5, 5.41) is 12.7. The summed E-state index contributed by atoms with van der Waals surface area (Å²) in [6.07, 6.45) is 0.802. The van der Waals surface area contributed by atoms with Crippen molar-refractivity contribution in [3.8, 4) is 5.75 Å². The highest BCUT2D eigenvalue weighted by atomic mass is 35.5. The van der Waals surface area contributed by atoms with Gasteiger partial charge in [-0.2, -0.15) is 0 Å². The molecule has 0 amide bonds. The van der Waals surface area contributed by atoms with Gasteiger partial charge in [0, 0.05) is 12.0 Å². The van der Waals surface area contributed by atoms with Gasteiger partial charge >= 0.3 is 0 Å². The highest BCUT2D eigenvalue weighted by Gasteiger charge is 2.39. The molecule has 1 aromatic rings. The molecule has 1 aliphatic heterocycles. The number of aromatic hydroxyl groups is 1. The van der Waals surface area contributed by atoms with Crippen LogP contribution in [0.1, 0.15) is 26.3 Å². The largest absolute Gasteiger partial charge is 0.508 e. The van der Waals surface area contributed by atoms with E-state index in [2.05, 4.69) is 26.1 Å². The molecule has 0 spiro atoms. The molecular formula is C13H20ClNO2. The number of rotatable bonds is 2. The maximum atomic E-state index is 9.22. The fraction of sp³-hybridized carbons (Fsp3) is 0.538. The molecule has 0 radical (unpaired) electrons. The van der Waals surface area contributed by atoms with E-state index >= 15 is 0 Å². The molecule has 96 valence electrons. The van der Waals surface area contributed by atoms with Crippen molar-refractivity contribution < 1.29 is 9.84 Å². The van der Waals surface area contributed by atoms with E-state index in [4.69, 9.17) is 4.74 Å². The lowest BCUT2D eigenvalue weighted by atomic mass is 10.0. The van der Waals surface area contributed by atoms with Gasteiger partial charge in [-0.3, -0.25) is 5.32 Å². The van der Waals surface area contributed by atoms with Gasteiger partial charge in [0.05, 0.1) is 6.61 Å². The number of nitrogens with one attached hydrogen (secondary N) is 1. The van der Waals surface area contributed by atoms with Crippen molar-refractivity contribution in [2.75, 3.05) is 6.61 Å². The Morgan fingerprint density at radius 2 is 1.82 bits per heavy atom. The Kier molecular flexibility index (Phi) is 4.07. The standard InChI is InChI=1S/C13H19NO2.ClH/c1-12(2)9-16-13(3,14-12)8-10-4-6-11(15)7-5-10;/h4-7,14-15H,8-9H2,1-3H3;1H. The molecule has 1 atom stereocenters. The average Bonchev–Trinajstić information content (AvgIpc) is 2.45. The lowest BCUT2D eigenvalue weighted by molar-refractivity contribution is 0.00669. The van der Waals surface area contributed by atoms with Crippen LogP contribution in [0.5, 0.6) is 5.75 Å². The third kappa shape index (κ3) is 3.60. The minimum absolute atomic E-state index is 0. The molecule has 4 heteroatoms. The van der Waals surface area contributed by atoms with Crippen LogP contribution in [0, 0.1) is 0 Å². The highest BCUT2D eigenvalue weighted by Crippen LogP contribution is 2.26. The summed E-state index contributed by atoms with van der Waals surface area (Å²) >= 11 is 0. The SMILES string of the molecule is CC1(C)COC(C)(Cc2ccc(O)cc2)N1.Cl. The number of phenolic OH excluding ortho intramolecular Hbond substituents is 1. The third-order valence-electron chi connectivity index (χ3n) is 2.83. The van der Waals surface area contributed by atoms with Gasteiger partial charge in [0.2, 0.25) is 0 Å². The van der Waals surface area contributed by atoms with Gasteiger partial charge in [0.1, 0.15) is 11.5 Å². The van der Waals surface area contributed by atoms with Crippen LogP contribution in [0.4, 0.5) is 0 Å². The van der Waals surface area contributed by atoms with Crippen LogP contribution in [-0.2, 0) is 11.2 Å². The monoisotopic (exact) mass is 257 g/mol. The molecule has 0 saturated carbocycles. The van der Waals surface area contributed by atoms with Gasteiger partial charge in [-0.05, 0) is 38.5 Å². The Morgan fingerprint density at radius 1 is 1.24 bits per heavy atom. The number of hydrogen-bond donors (Lipinski definition) is 2. The maximum absolute atomic E-state index is 9.22. The molecule has 2 N–H and O–H groups in total. The van der Waals surface area contributed by atoms with E-state index in [0.29, 0.717) is 5.75 Å². The predicted molar refractivity (Wildman–Crippen MR) is 70.6 cm³/mol. The van der Waals surface area contributed by atoms with Crippen LogP contribution in [-0.4, -0.2) is 23.0 Å². The molecule has 0 aromatic heterocycles. The molecule has 1 heterocycles. The zero-order valence-corrected chi connectivity index (χ0v) is 11.3. The molecule has 2 rings (SSSR count). The van der Waals surface area contributed by atoms with E-state index in [9.17, 15) is 5.11 Å². The van der Waals surface area contributed by atoms with E-state index in [1.807, 2.05) is 12.1 Å². The maximum Gasteiger partial charge on any atom is 0.121 e. The summed E-state index contributed by atoms with van der Waals surface area (Å²) in [6, 6.07) is 7.27. The topological polar surface area (TPSA) is 41.5 Å². The Bertz CT molecular complexity index is 378. The molecule has 0 aliphatic carbocycles. The fourth-order valence-electron chi connectivity index (χ4n) is 2.23.